The highest BCUT2D eigenvalue weighted by atomic mass is 35.5. The lowest BCUT2D eigenvalue weighted by Crippen LogP contribution is -2.19. The van der Waals surface area contributed by atoms with Crippen LogP contribution < -0.4 is 14.9 Å². The summed E-state index contributed by atoms with van der Waals surface area (Å²) in [5, 5.41) is 13.9. The molecule has 10 heteroatoms. The number of hydrogen-bond donors (Lipinski definition) is 1. The van der Waals surface area contributed by atoms with Gasteiger partial charge in [0.15, 0.2) is 15.8 Å². The van der Waals surface area contributed by atoms with E-state index in [1.165, 1.54) is 23.1 Å². The lowest BCUT2D eigenvalue weighted by Gasteiger charge is -2.12. The molecule has 0 aliphatic carbocycles. The van der Waals surface area contributed by atoms with Gasteiger partial charge in [0.2, 0.25) is 0 Å². The van der Waals surface area contributed by atoms with Gasteiger partial charge in [0, 0.05) is 10.6 Å². The lowest BCUT2D eigenvalue weighted by atomic mass is 10.2. The second-order valence-electron chi connectivity index (χ2n) is 7.38. The van der Waals surface area contributed by atoms with Gasteiger partial charge in [0.25, 0.3) is 5.91 Å². The third-order valence-corrected chi connectivity index (χ3v) is 7.09. The van der Waals surface area contributed by atoms with Crippen molar-refractivity contribution < 1.29 is 14.3 Å². The predicted octanol–water partition coefficient (Wildman–Crippen LogP) is 6.08. The van der Waals surface area contributed by atoms with Crippen LogP contribution >= 0.6 is 34.7 Å². The molecule has 1 aromatic heterocycles. The fraction of sp³-hybridized carbons (Fsp3) is 0.154. The van der Waals surface area contributed by atoms with Gasteiger partial charge in [0.05, 0.1) is 18.6 Å². The zero-order valence-corrected chi connectivity index (χ0v) is 21.8. The van der Waals surface area contributed by atoms with E-state index < -0.39 is 0 Å². The Bertz CT molecular complexity index is 1310. The normalized spacial score (nSPS) is 10.9. The van der Waals surface area contributed by atoms with E-state index in [0.717, 1.165) is 26.0 Å². The molecule has 3 aromatic carbocycles. The Kier molecular flexibility index (Phi) is 9.32. The number of nitrogens with one attached hydrogen (secondary N) is 1. The number of nitrogens with zero attached hydrogens (tertiary/aromatic N) is 3. The van der Waals surface area contributed by atoms with Crippen LogP contribution in [0, 0.1) is 0 Å². The summed E-state index contributed by atoms with van der Waals surface area (Å²) in [6, 6.07) is 22.8. The molecule has 4 aromatic rings. The van der Waals surface area contributed by atoms with Crippen molar-refractivity contribution in [1.82, 2.24) is 15.6 Å². The van der Waals surface area contributed by atoms with Crippen molar-refractivity contribution in [2.75, 3.05) is 12.4 Å². The number of benzene rings is 3. The van der Waals surface area contributed by atoms with E-state index >= 15 is 0 Å². The summed E-state index contributed by atoms with van der Waals surface area (Å²) in [6.07, 6.45) is 1.56. The van der Waals surface area contributed by atoms with E-state index in [4.69, 9.17) is 21.1 Å². The number of hydrazone groups is 1. The van der Waals surface area contributed by atoms with Gasteiger partial charge >= 0.3 is 0 Å². The van der Waals surface area contributed by atoms with Crippen molar-refractivity contribution >= 4 is 46.8 Å². The summed E-state index contributed by atoms with van der Waals surface area (Å²) >= 11 is 8.71. The summed E-state index contributed by atoms with van der Waals surface area (Å²) in [4.78, 5) is 12.2. The maximum atomic E-state index is 12.2. The molecule has 36 heavy (non-hydrogen) atoms. The molecule has 184 valence electrons. The quantitative estimate of drug-likeness (QED) is 0.141. The van der Waals surface area contributed by atoms with Crippen molar-refractivity contribution in [3.63, 3.8) is 0 Å². The molecule has 0 radical (unpaired) electrons. The fourth-order valence-corrected chi connectivity index (χ4v) is 4.81. The first-order valence-electron chi connectivity index (χ1n) is 11.1. The molecular formula is C26H23ClN4O3S2. The van der Waals surface area contributed by atoms with Gasteiger partial charge in [-0.1, -0.05) is 77.2 Å². The Hall–Kier alpha value is -3.40. The first-order valence-corrected chi connectivity index (χ1v) is 13.3. The van der Waals surface area contributed by atoms with Crippen LogP contribution in [0.4, 0.5) is 0 Å². The average Bonchev–Trinajstić information content (AvgIpc) is 3.38. The molecule has 7 nitrogen and oxygen atoms in total. The maximum absolute atomic E-state index is 12.2. The highest BCUT2D eigenvalue weighted by Gasteiger charge is 2.10. The molecule has 0 atom stereocenters. The summed E-state index contributed by atoms with van der Waals surface area (Å²) in [7, 11) is 0. The molecule has 0 bridgehead atoms. The summed E-state index contributed by atoms with van der Waals surface area (Å²) in [6.45, 7) is 2.78. The van der Waals surface area contributed by atoms with Gasteiger partial charge in [-0.15, -0.1) is 10.2 Å². The van der Waals surface area contributed by atoms with Crippen LogP contribution in [0.3, 0.4) is 0 Å². The van der Waals surface area contributed by atoms with Gasteiger partial charge in [-0.25, -0.2) is 5.43 Å². The minimum atomic E-state index is -0.235. The van der Waals surface area contributed by atoms with Crippen LogP contribution in [0.1, 0.15) is 18.1 Å². The maximum Gasteiger partial charge on any atom is 0.250 e. The highest BCUT2D eigenvalue weighted by Crippen LogP contribution is 2.30. The van der Waals surface area contributed by atoms with Gasteiger partial charge in [-0.05, 0) is 48.4 Å². The van der Waals surface area contributed by atoms with Crippen LogP contribution in [0.25, 0.3) is 10.6 Å². The lowest BCUT2D eigenvalue weighted by molar-refractivity contribution is -0.118. The van der Waals surface area contributed by atoms with Crippen molar-refractivity contribution in [2.24, 2.45) is 5.10 Å². The molecule has 1 amide bonds. The Morgan fingerprint density at radius 2 is 1.86 bits per heavy atom. The van der Waals surface area contributed by atoms with Gasteiger partial charge in [-0.2, -0.15) is 5.10 Å². The number of carbonyl (C=O) groups excluding carboxylic acids is 1. The number of ether oxygens (including phenoxy) is 2. The zero-order valence-electron chi connectivity index (χ0n) is 19.4. The minimum absolute atomic E-state index is 0.183. The van der Waals surface area contributed by atoms with Crippen molar-refractivity contribution in [2.45, 2.75) is 17.9 Å². The number of hydrogen-bond acceptors (Lipinski definition) is 8. The number of carbonyl (C=O) groups is 1. The summed E-state index contributed by atoms with van der Waals surface area (Å²) < 4.78 is 12.4. The monoisotopic (exact) mass is 538 g/mol. The molecule has 0 saturated carbocycles. The Morgan fingerprint density at radius 3 is 2.64 bits per heavy atom. The molecule has 1 N–H and O–H groups in total. The molecule has 0 fully saturated rings. The Labute approximate surface area is 222 Å². The van der Waals surface area contributed by atoms with E-state index in [-0.39, 0.29) is 11.7 Å². The number of amides is 1. The standard InChI is InChI=1S/C26H23ClN4O3S2/c1-2-33-23-14-19(10-13-22(23)34-16-18-8-11-21(27)12-9-18)15-28-29-24(32)17-35-26-31-30-25(36-26)20-6-4-3-5-7-20/h3-15H,2,16-17H2,1H3,(H,29,32). The Morgan fingerprint density at radius 1 is 1.06 bits per heavy atom. The van der Waals surface area contributed by atoms with Crippen LogP contribution in [0.2, 0.25) is 5.02 Å². The molecular weight excluding hydrogens is 516 g/mol. The fourth-order valence-electron chi connectivity index (χ4n) is 3.04. The molecule has 4 rings (SSSR count). The van der Waals surface area contributed by atoms with Crippen LogP contribution in [-0.4, -0.2) is 34.7 Å². The average molecular weight is 539 g/mol. The molecule has 0 unspecified atom stereocenters. The van der Waals surface area contributed by atoms with Crippen LogP contribution in [0.5, 0.6) is 11.5 Å². The number of aromatic nitrogens is 2. The molecule has 0 aliphatic heterocycles. The van der Waals surface area contributed by atoms with E-state index in [1.807, 2.05) is 79.7 Å². The van der Waals surface area contributed by atoms with Crippen molar-refractivity contribution in [3.8, 4) is 22.1 Å². The van der Waals surface area contributed by atoms with Gasteiger partial charge < -0.3 is 9.47 Å². The van der Waals surface area contributed by atoms with Crippen LogP contribution in [0.15, 0.2) is 82.2 Å². The largest absolute Gasteiger partial charge is 0.490 e. The van der Waals surface area contributed by atoms with Crippen LogP contribution in [-0.2, 0) is 11.4 Å². The highest BCUT2D eigenvalue weighted by molar-refractivity contribution is 8.01. The second kappa shape index (κ2) is 13.1. The Balaban J connectivity index is 1.28. The molecule has 1 heterocycles. The topological polar surface area (TPSA) is 85.7 Å². The van der Waals surface area contributed by atoms with Gasteiger partial charge in [-0.3, -0.25) is 4.79 Å². The van der Waals surface area contributed by atoms with E-state index in [0.29, 0.717) is 29.7 Å². The molecule has 0 saturated heterocycles. The van der Waals surface area contributed by atoms with E-state index in [1.54, 1.807) is 6.21 Å². The number of rotatable bonds is 11. The third kappa shape index (κ3) is 7.55. The van der Waals surface area contributed by atoms with Crippen molar-refractivity contribution in [3.05, 3.63) is 88.9 Å². The molecule has 0 spiro atoms. The van der Waals surface area contributed by atoms with E-state index in [9.17, 15) is 4.79 Å². The predicted molar refractivity (Wildman–Crippen MR) is 145 cm³/mol. The number of halogens is 1. The SMILES string of the molecule is CCOc1cc(C=NNC(=O)CSc2nnc(-c3ccccc3)s2)ccc1OCc1ccc(Cl)cc1. The first-order chi connectivity index (χ1) is 17.6. The number of thioether (sulfide) groups is 1. The first kappa shape index (κ1) is 25.7. The second-order valence-corrected chi connectivity index (χ2v) is 10.0. The minimum Gasteiger partial charge on any atom is -0.490 e. The third-order valence-electron chi connectivity index (χ3n) is 4.73. The van der Waals surface area contributed by atoms with Gasteiger partial charge in [0.1, 0.15) is 11.6 Å². The van der Waals surface area contributed by atoms with Crippen molar-refractivity contribution in [1.29, 1.82) is 0 Å². The smallest absolute Gasteiger partial charge is 0.250 e. The molecule has 0 aliphatic rings. The zero-order chi connectivity index (χ0) is 25.2. The summed E-state index contributed by atoms with van der Waals surface area (Å²) in [5.74, 6) is 1.17. The summed E-state index contributed by atoms with van der Waals surface area (Å²) in [5.41, 5.74) is 5.31. The van der Waals surface area contributed by atoms with E-state index in [2.05, 4.69) is 20.7 Å².